The van der Waals surface area contributed by atoms with Crippen molar-refractivity contribution in [2.45, 2.75) is 6.10 Å². The lowest BCUT2D eigenvalue weighted by Crippen LogP contribution is -2.10. The molecule has 0 saturated heterocycles. The van der Waals surface area contributed by atoms with Gasteiger partial charge >= 0.3 is 5.97 Å². The van der Waals surface area contributed by atoms with E-state index in [9.17, 15) is 14.3 Å². The fourth-order valence-corrected chi connectivity index (χ4v) is 2.84. The van der Waals surface area contributed by atoms with Crippen molar-refractivity contribution in [1.29, 1.82) is 0 Å². The zero-order chi connectivity index (χ0) is 21.5. The number of aliphatic hydroxyl groups is 1. The number of carbonyl (C=O) groups excluding carboxylic acids is 1. The van der Waals surface area contributed by atoms with Crippen LogP contribution in [0.3, 0.4) is 0 Å². The van der Waals surface area contributed by atoms with Crippen LogP contribution in [0.15, 0.2) is 72.8 Å². The summed E-state index contributed by atoms with van der Waals surface area (Å²) in [4.78, 5) is 12.3. The van der Waals surface area contributed by atoms with Crippen molar-refractivity contribution < 1.29 is 28.5 Å². The average Bonchev–Trinajstić information content (AvgIpc) is 2.78. The minimum absolute atomic E-state index is 0.0784. The molecule has 0 spiro atoms. The van der Waals surface area contributed by atoms with Crippen molar-refractivity contribution in [2.75, 3.05) is 14.2 Å². The highest BCUT2D eigenvalue weighted by atomic mass is 19.1. The highest BCUT2D eigenvalue weighted by molar-refractivity contribution is 5.91. The molecule has 0 bridgehead atoms. The van der Waals surface area contributed by atoms with Crippen LogP contribution in [0.25, 0.3) is 6.08 Å². The van der Waals surface area contributed by atoms with E-state index in [2.05, 4.69) is 0 Å². The Balaban J connectivity index is 1.83. The van der Waals surface area contributed by atoms with Gasteiger partial charge in [-0.25, -0.2) is 9.18 Å². The maximum absolute atomic E-state index is 13.8. The van der Waals surface area contributed by atoms with E-state index in [1.165, 1.54) is 25.3 Å². The van der Waals surface area contributed by atoms with E-state index in [0.717, 1.165) is 11.6 Å². The molecule has 5 nitrogen and oxygen atoms in total. The maximum atomic E-state index is 13.8. The highest BCUT2D eigenvalue weighted by Gasteiger charge is 2.16. The first-order chi connectivity index (χ1) is 14.5. The summed E-state index contributed by atoms with van der Waals surface area (Å²) in [5.74, 6) is 0.0464. The molecule has 0 radical (unpaired) electrons. The lowest BCUT2D eigenvalue weighted by molar-refractivity contribution is 0.0729. The molecule has 3 aromatic carbocycles. The number of ether oxygens (including phenoxy) is 3. The normalized spacial score (nSPS) is 11.9. The lowest BCUT2D eigenvalue weighted by atomic mass is 10.1. The molecule has 0 fully saturated rings. The third kappa shape index (κ3) is 5.04. The molecule has 0 heterocycles. The Morgan fingerprint density at radius 2 is 1.63 bits per heavy atom. The second-order valence-electron chi connectivity index (χ2n) is 6.36. The standard InChI is InChI=1S/C24H21FO5/c1-28-22-12-9-16(14-23(22)29-2)8-11-20(26)19-15-18(25)10-13-21(19)30-24(27)17-6-4-3-5-7-17/h3-15,20,26H,1-2H3/b11-8+. The summed E-state index contributed by atoms with van der Waals surface area (Å²) in [6, 6.07) is 17.3. The van der Waals surface area contributed by atoms with Gasteiger partial charge in [0.25, 0.3) is 0 Å². The molecule has 30 heavy (non-hydrogen) atoms. The van der Waals surface area contributed by atoms with Crippen molar-refractivity contribution in [3.05, 3.63) is 95.3 Å². The molecule has 0 saturated carbocycles. The Kier molecular flexibility index (Phi) is 6.83. The summed E-state index contributed by atoms with van der Waals surface area (Å²) < 4.78 is 29.7. The van der Waals surface area contributed by atoms with E-state index >= 15 is 0 Å². The zero-order valence-electron chi connectivity index (χ0n) is 16.5. The first-order valence-electron chi connectivity index (χ1n) is 9.17. The fraction of sp³-hybridized carbons (Fsp3) is 0.125. The molecule has 3 aromatic rings. The summed E-state index contributed by atoms with van der Waals surface area (Å²) in [5.41, 5.74) is 1.23. The topological polar surface area (TPSA) is 65.0 Å². The van der Waals surface area contributed by atoms with E-state index in [-0.39, 0.29) is 11.3 Å². The predicted molar refractivity (Wildman–Crippen MR) is 111 cm³/mol. The molecule has 6 heteroatoms. The first kappa shape index (κ1) is 21.1. The molecule has 0 aliphatic heterocycles. The quantitative estimate of drug-likeness (QED) is 0.449. The largest absolute Gasteiger partial charge is 0.493 e. The molecule has 3 rings (SSSR count). The molecule has 0 aliphatic carbocycles. The van der Waals surface area contributed by atoms with Crippen LogP contribution >= 0.6 is 0 Å². The van der Waals surface area contributed by atoms with Gasteiger partial charge in [0.1, 0.15) is 17.7 Å². The number of hydrogen-bond acceptors (Lipinski definition) is 5. The van der Waals surface area contributed by atoms with E-state index in [1.54, 1.807) is 61.7 Å². The molecule has 1 unspecified atom stereocenters. The summed E-state index contributed by atoms with van der Waals surface area (Å²) in [5, 5.41) is 10.6. The van der Waals surface area contributed by atoms with Crippen LogP contribution in [0.5, 0.6) is 17.2 Å². The van der Waals surface area contributed by atoms with Gasteiger partial charge in [-0.05, 0) is 48.0 Å². The molecule has 0 aromatic heterocycles. The van der Waals surface area contributed by atoms with Crippen molar-refractivity contribution in [3.8, 4) is 17.2 Å². The fourth-order valence-electron chi connectivity index (χ4n) is 2.84. The Hall–Kier alpha value is -3.64. The molecule has 154 valence electrons. The molecule has 0 aliphatic rings. The van der Waals surface area contributed by atoms with Crippen molar-refractivity contribution in [3.63, 3.8) is 0 Å². The van der Waals surface area contributed by atoms with Crippen molar-refractivity contribution in [2.24, 2.45) is 0 Å². The number of methoxy groups -OCH3 is 2. The SMILES string of the molecule is COc1ccc(/C=C/C(O)c2cc(F)ccc2OC(=O)c2ccccc2)cc1OC. The van der Waals surface area contributed by atoms with Gasteiger partial charge < -0.3 is 19.3 Å². The van der Waals surface area contributed by atoms with E-state index in [0.29, 0.717) is 17.1 Å². The number of rotatable bonds is 7. The third-order valence-corrected chi connectivity index (χ3v) is 4.38. The number of benzene rings is 3. The zero-order valence-corrected chi connectivity index (χ0v) is 16.5. The minimum Gasteiger partial charge on any atom is -0.493 e. The highest BCUT2D eigenvalue weighted by Crippen LogP contribution is 2.30. The second kappa shape index (κ2) is 9.71. The van der Waals surface area contributed by atoms with Crippen molar-refractivity contribution >= 4 is 12.0 Å². The van der Waals surface area contributed by atoms with Crippen LogP contribution in [0, 0.1) is 5.82 Å². The number of carbonyl (C=O) groups is 1. The van der Waals surface area contributed by atoms with E-state index in [1.807, 2.05) is 0 Å². The van der Waals surface area contributed by atoms with Gasteiger partial charge in [-0.3, -0.25) is 0 Å². The van der Waals surface area contributed by atoms with Gasteiger partial charge in [-0.2, -0.15) is 0 Å². The number of aliphatic hydroxyl groups excluding tert-OH is 1. The smallest absolute Gasteiger partial charge is 0.343 e. The van der Waals surface area contributed by atoms with Gasteiger partial charge in [-0.15, -0.1) is 0 Å². The van der Waals surface area contributed by atoms with Crippen LogP contribution in [0.1, 0.15) is 27.6 Å². The van der Waals surface area contributed by atoms with Crippen LogP contribution in [-0.2, 0) is 0 Å². The Morgan fingerprint density at radius 3 is 2.33 bits per heavy atom. The molecular formula is C24H21FO5. The van der Waals surface area contributed by atoms with E-state index < -0.39 is 17.9 Å². The molecule has 0 amide bonds. The van der Waals surface area contributed by atoms with Gasteiger partial charge in [0, 0.05) is 5.56 Å². The summed E-state index contributed by atoms with van der Waals surface area (Å²) in [7, 11) is 3.07. The molecular weight excluding hydrogens is 387 g/mol. The number of esters is 1. The third-order valence-electron chi connectivity index (χ3n) is 4.38. The lowest BCUT2D eigenvalue weighted by Gasteiger charge is -2.13. The summed E-state index contributed by atoms with van der Waals surface area (Å²) >= 11 is 0. The predicted octanol–water partition coefficient (Wildman–Crippen LogP) is 4.81. The Morgan fingerprint density at radius 1 is 0.933 bits per heavy atom. The van der Waals surface area contributed by atoms with E-state index in [4.69, 9.17) is 14.2 Å². The summed E-state index contributed by atoms with van der Waals surface area (Å²) in [6.45, 7) is 0. The van der Waals surface area contributed by atoms with Crippen LogP contribution in [-0.4, -0.2) is 25.3 Å². The van der Waals surface area contributed by atoms with Gasteiger partial charge in [-0.1, -0.05) is 36.4 Å². The monoisotopic (exact) mass is 408 g/mol. The van der Waals surface area contributed by atoms with Crippen molar-refractivity contribution in [1.82, 2.24) is 0 Å². The van der Waals surface area contributed by atoms with Crippen LogP contribution in [0.2, 0.25) is 0 Å². The number of hydrogen-bond donors (Lipinski definition) is 1. The minimum atomic E-state index is -1.20. The number of halogens is 1. The first-order valence-corrected chi connectivity index (χ1v) is 9.17. The Bertz CT molecular complexity index is 1050. The second-order valence-corrected chi connectivity index (χ2v) is 6.36. The molecule has 1 atom stereocenters. The summed E-state index contributed by atoms with van der Waals surface area (Å²) in [6.07, 6.45) is 1.92. The average molecular weight is 408 g/mol. The van der Waals surface area contributed by atoms with Gasteiger partial charge in [0.05, 0.1) is 19.8 Å². The maximum Gasteiger partial charge on any atom is 0.343 e. The van der Waals surface area contributed by atoms with Gasteiger partial charge in [0.2, 0.25) is 0 Å². The van der Waals surface area contributed by atoms with Gasteiger partial charge in [0.15, 0.2) is 11.5 Å². The molecule has 1 N–H and O–H groups in total. The van der Waals surface area contributed by atoms with Crippen LogP contribution < -0.4 is 14.2 Å². The Labute approximate surface area is 174 Å². The van der Waals surface area contributed by atoms with Crippen LogP contribution in [0.4, 0.5) is 4.39 Å².